The zero-order chi connectivity index (χ0) is 14.8. The van der Waals surface area contributed by atoms with E-state index in [0.717, 1.165) is 18.5 Å². The molecule has 2 rings (SSSR count). The average molecular weight is 300 g/mol. The number of aryl methyl sites for hydroxylation is 1. The molecule has 0 aliphatic carbocycles. The quantitative estimate of drug-likeness (QED) is 0.828. The monoisotopic (exact) mass is 300 g/mol. The Morgan fingerprint density at radius 3 is 2.90 bits per heavy atom. The second-order valence-electron chi connectivity index (χ2n) is 5.12. The molecule has 0 bridgehead atoms. The van der Waals surface area contributed by atoms with E-state index in [0.29, 0.717) is 13.1 Å². The lowest BCUT2D eigenvalue weighted by molar-refractivity contribution is -0.126. The number of rotatable bonds is 4. The first-order valence-corrected chi connectivity index (χ1v) is 8.42. The van der Waals surface area contributed by atoms with E-state index >= 15 is 0 Å². The Morgan fingerprint density at radius 1 is 1.55 bits per heavy atom. The van der Waals surface area contributed by atoms with Crippen LogP contribution < -0.4 is 5.32 Å². The van der Waals surface area contributed by atoms with Crippen LogP contribution in [0.2, 0.25) is 0 Å². The average Bonchev–Trinajstić information content (AvgIpc) is 2.81. The van der Waals surface area contributed by atoms with Crippen molar-refractivity contribution in [2.45, 2.75) is 19.4 Å². The summed E-state index contributed by atoms with van der Waals surface area (Å²) in [5, 5.41) is 6.88. The maximum absolute atomic E-state index is 12.1. The number of carbonyl (C=O) groups excluding carboxylic acids is 1. The van der Waals surface area contributed by atoms with Crippen molar-refractivity contribution in [2.75, 3.05) is 19.3 Å². The molecule has 0 radical (unpaired) electrons. The highest BCUT2D eigenvalue weighted by molar-refractivity contribution is 7.88. The highest BCUT2D eigenvalue weighted by Gasteiger charge is 2.29. The maximum atomic E-state index is 12.1. The zero-order valence-electron chi connectivity index (χ0n) is 11.7. The van der Waals surface area contributed by atoms with E-state index in [1.54, 1.807) is 10.9 Å². The topological polar surface area (TPSA) is 84.3 Å². The van der Waals surface area contributed by atoms with Crippen molar-refractivity contribution in [2.24, 2.45) is 13.0 Å². The Bertz CT molecular complexity index is 581. The van der Waals surface area contributed by atoms with Gasteiger partial charge in [0.05, 0.1) is 24.4 Å². The number of nitrogens with zero attached hydrogens (tertiary/aromatic N) is 3. The predicted molar refractivity (Wildman–Crippen MR) is 74.2 cm³/mol. The van der Waals surface area contributed by atoms with Crippen molar-refractivity contribution >= 4 is 15.9 Å². The minimum atomic E-state index is -3.22. The normalized spacial score (nSPS) is 20.8. The summed E-state index contributed by atoms with van der Waals surface area (Å²) in [4.78, 5) is 12.1. The second-order valence-corrected chi connectivity index (χ2v) is 7.11. The Balaban J connectivity index is 1.91. The molecule has 2 heterocycles. The third-order valence-corrected chi connectivity index (χ3v) is 4.86. The molecule has 1 N–H and O–H groups in total. The highest BCUT2D eigenvalue weighted by atomic mass is 32.2. The number of aromatic nitrogens is 2. The van der Waals surface area contributed by atoms with Crippen molar-refractivity contribution in [3.05, 3.63) is 18.0 Å². The van der Waals surface area contributed by atoms with Crippen LogP contribution in [0.5, 0.6) is 0 Å². The summed E-state index contributed by atoms with van der Waals surface area (Å²) >= 11 is 0. The third kappa shape index (κ3) is 3.57. The van der Waals surface area contributed by atoms with Gasteiger partial charge in [0.1, 0.15) is 0 Å². The van der Waals surface area contributed by atoms with E-state index in [2.05, 4.69) is 10.4 Å². The van der Waals surface area contributed by atoms with Crippen LogP contribution in [0.15, 0.2) is 12.3 Å². The van der Waals surface area contributed by atoms with E-state index in [-0.39, 0.29) is 18.4 Å². The lowest BCUT2D eigenvalue weighted by Crippen LogP contribution is -2.45. The molecular formula is C12H20N4O3S. The number of sulfonamides is 1. The summed E-state index contributed by atoms with van der Waals surface area (Å²) in [7, 11) is -1.40. The van der Waals surface area contributed by atoms with Gasteiger partial charge in [-0.15, -0.1) is 0 Å². The minimum Gasteiger partial charge on any atom is -0.350 e. The molecule has 20 heavy (non-hydrogen) atoms. The summed E-state index contributed by atoms with van der Waals surface area (Å²) in [6.45, 7) is 1.19. The fourth-order valence-electron chi connectivity index (χ4n) is 2.35. The molecule has 0 aromatic carbocycles. The van der Waals surface area contributed by atoms with Gasteiger partial charge in [-0.25, -0.2) is 12.7 Å². The number of amides is 1. The zero-order valence-corrected chi connectivity index (χ0v) is 12.6. The standard InChI is InChI=1S/C12H20N4O3S/c1-15-11(5-6-14-15)8-13-12(17)10-4-3-7-16(9-10)20(2,18)19/h5-6,10H,3-4,7-9H2,1-2H3,(H,13,17)/t10-/m0/s1. The molecule has 8 heteroatoms. The smallest absolute Gasteiger partial charge is 0.224 e. The van der Waals surface area contributed by atoms with Crippen LogP contribution in [0.3, 0.4) is 0 Å². The van der Waals surface area contributed by atoms with Crippen LogP contribution in [0.4, 0.5) is 0 Å². The summed E-state index contributed by atoms with van der Waals surface area (Å²) in [6, 6.07) is 1.84. The summed E-state index contributed by atoms with van der Waals surface area (Å²) in [5.41, 5.74) is 0.911. The first-order valence-electron chi connectivity index (χ1n) is 6.57. The summed E-state index contributed by atoms with van der Waals surface area (Å²) in [6.07, 6.45) is 4.30. The second kappa shape index (κ2) is 5.92. The highest BCUT2D eigenvalue weighted by Crippen LogP contribution is 2.18. The molecule has 1 saturated heterocycles. The third-order valence-electron chi connectivity index (χ3n) is 3.59. The molecule has 1 amide bonds. The van der Waals surface area contributed by atoms with Crippen LogP contribution in [0.25, 0.3) is 0 Å². The number of hydrogen-bond acceptors (Lipinski definition) is 4. The number of carbonyl (C=O) groups is 1. The molecular weight excluding hydrogens is 280 g/mol. The molecule has 0 saturated carbocycles. The Morgan fingerprint density at radius 2 is 2.30 bits per heavy atom. The summed E-state index contributed by atoms with van der Waals surface area (Å²) in [5.74, 6) is -0.369. The SMILES string of the molecule is Cn1nccc1CNC(=O)[C@H]1CCCN(S(C)(=O)=O)C1. The van der Waals surface area contributed by atoms with Crippen LogP contribution in [0.1, 0.15) is 18.5 Å². The van der Waals surface area contributed by atoms with Crippen LogP contribution in [0, 0.1) is 5.92 Å². The van der Waals surface area contributed by atoms with Gasteiger partial charge in [-0.05, 0) is 18.9 Å². The lowest BCUT2D eigenvalue weighted by atomic mass is 9.99. The molecule has 1 aliphatic heterocycles. The van der Waals surface area contributed by atoms with Crippen molar-refractivity contribution in [1.82, 2.24) is 19.4 Å². The van der Waals surface area contributed by atoms with Gasteiger partial charge in [-0.3, -0.25) is 9.48 Å². The van der Waals surface area contributed by atoms with E-state index in [9.17, 15) is 13.2 Å². The van der Waals surface area contributed by atoms with Gasteiger partial charge < -0.3 is 5.32 Å². The van der Waals surface area contributed by atoms with Crippen molar-refractivity contribution in [3.8, 4) is 0 Å². The lowest BCUT2D eigenvalue weighted by Gasteiger charge is -2.30. The van der Waals surface area contributed by atoms with E-state index in [4.69, 9.17) is 0 Å². The Hall–Kier alpha value is -1.41. The maximum Gasteiger partial charge on any atom is 0.224 e. The van der Waals surface area contributed by atoms with Gasteiger partial charge in [0, 0.05) is 26.3 Å². The largest absolute Gasteiger partial charge is 0.350 e. The molecule has 0 unspecified atom stereocenters. The fourth-order valence-corrected chi connectivity index (χ4v) is 3.27. The predicted octanol–water partition coefficient (Wildman–Crippen LogP) is -0.292. The molecule has 1 atom stereocenters. The van der Waals surface area contributed by atoms with Crippen molar-refractivity contribution in [1.29, 1.82) is 0 Å². The van der Waals surface area contributed by atoms with Crippen molar-refractivity contribution < 1.29 is 13.2 Å². The van der Waals surface area contributed by atoms with Crippen LogP contribution in [-0.4, -0.2) is 47.8 Å². The molecule has 1 fully saturated rings. The number of hydrogen-bond donors (Lipinski definition) is 1. The van der Waals surface area contributed by atoms with Crippen LogP contribution in [-0.2, 0) is 28.4 Å². The first kappa shape index (κ1) is 15.0. The molecule has 0 spiro atoms. The summed E-state index contributed by atoms with van der Waals surface area (Å²) < 4.78 is 26.1. The number of piperidine rings is 1. The number of nitrogens with one attached hydrogen (secondary N) is 1. The van der Waals surface area contributed by atoms with E-state index in [1.165, 1.54) is 10.6 Å². The van der Waals surface area contributed by atoms with Gasteiger partial charge in [0.2, 0.25) is 15.9 Å². The van der Waals surface area contributed by atoms with E-state index in [1.807, 2.05) is 13.1 Å². The Kier molecular flexibility index (Phi) is 4.44. The van der Waals surface area contributed by atoms with Crippen molar-refractivity contribution in [3.63, 3.8) is 0 Å². The van der Waals surface area contributed by atoms with E-state index < -0.39 is 10.0 Å². The van der Waals surface area contributed by atoms with Gasteiger partial charge in [0.15, 0.2) is 0 Å². The van der Waals surface area contributed by atoms with Gasteiger partial charge in [0.25, 0.3) is 0 Å². The van der Waals surface area contributed by atoms with Gasteiger partial charge in [-0.2, -0.15) is 5.10 Å². The van der Waals surface area contributed by atoms with Crippen LogP contribution >= 0.6 is 0 Å². The fraction of sp³-hybridized carbons (Fsp3) is 0.667. The Labute approximate surface area is 119 Å². The molecule has 112 valence electrons. The van der Waals surface area contributed by atoms with Gasteiger partial charge in [-0.1, -0.05) is 0 Å². The van der Waals surface area contributed by atoms with Gasteiger partial charge >= 0.3 is 0 Å². The molecule has 1 aromatic heterocycles. The molecule has 7 nitrogen and oxygen atoms in total. The molecule has 1 aromatic rings. The minimum absolute atomic E-state index is 0.0976. The first-order chi connectivity index (χ1) is 9.38. The molecule has 1 aliphatic rings.